The molecule has 0 radical (unpaired) electrons. The standard InChI is InChI=1S/C18H27Si3/c1-20(2,15-17-11-7-5-8-12-17)19-21(3,4)16-18-13-9-6-10-14-18/h5-14,19H,15-16H2,1-4H3/q-1. The lowest BCUT2D eigenvalue weighted by molar-refractivity contribution is 1.33. The van der Waals surface area contributed by atoms with Gasteiger partial charge in [0.05, 0.1) is 0 Å². The number of benzene rings is 2. The molecule has 0 bridgehead atoms. The molecular weight excluding hydrogens is 300 g/mol. The van der Waals surface area contributed by atoms with Crippen LogP contribution in [0.25, 0.3) is 0 Å². The summed E-state index contributed by atoms with van der Waals surface area (Å²) in [6.07, 6.45) is 0. The van der Waals surface area contributed by atoms with Crippen molar-refractivity contribution >= 4 is 23.7 Å². The molecule has 0 fully saturated rings. The van der Waals surface area contributed by atoms with Gasteiger partial charge in [0.25, 0.3) is 0 Å². The molecule has 21 heavy (non-hydrogen) atoms. The van der Waals surface area contributed by atoms with Gasteiger partial charge < -0.3 is 0 Å². The van der Waals surface area contributed by atoms with Crippen molar-refractivity contribution in [2.75, 3.05) is 0 Å². The first-order valence-corrected chi connectivity index (χ1v) is 17.8. The molecule has 0 aromatic heterocycles. The highest BCUT2D eigenvalue weighted by molar-refractivity contribution is 7.52. The maximum absolute atomic E-state index is 2.61. The molecule has 0 unspecified atom stereocenters. The fraction of sp³-hybridized carbons (Fsp3) is 0.333. The lowest BCUT2D eigenvalue weighted by Crippen LogP contribution is -2.53. The van der Waals surface area contributed by atoms with E-state index >= 15 is 0 Å². The van der Waals surface area contributed by atoms with Gasteiger partial charge >= 0.3 is 0 Å². The second kappa shape index (κ2) is 6.90. The Labute approximate surface area is 134 Å². The third-order valence-electron chi connectivity index (χ3n) is 3.79. The zero-order valence-corrected chi connectivity index (χ0v) is 16.9. The topological polar surface area (TPSA) is 0 Å². The smallest absolute Gasteiger partial charge is 0.0535 e. The van der Waals surface area contributed by atoms with Crippen molar-refractivity contribution in [1.82, 2.24) is 0 Å². The maximum Gasteiger partial charge on any atom is -0.0535 e. The normalized spacial score (nSPS) is 12.4. The van der Waals surface area contributed by atoms with Gasteiger partial charge in [0, 0.05) is 0 Å². The van der Waals surface area contributed by atoms with Gasteiger partial charge in [-0.05, 0) is 0 Å². The summed E-state index contributed by atoms with van der Waals surface area (Å²) in [4.78, 5) is 0. The van der Waals surface area contributed by atoms with Gasteiger partial charge in [-0.3, -0.25) is 8.55 Å². The van der Waals surface area contributed by atoms with Crippen LogP contribution in [0.2, 0.25) is 26.2 Å². The van der Waals surface area contributed by atoms with Crippen molar-refractivity contribution in [1.29, 1.82) is 0 Å². The molecule has 2 aromatic rings. The lowest BCUT2D eigenvalue weighted by Gasteiger charge is -2.44. The van der Waals surface area contributed by atoms with Gasteiger partial charge in [0.1, 0.15) is 0 Å². The molecule has 0 saturated heterocycles. The molecule has 0 N–H and O–H groups in total. The second-order valence-corrected chi connectivity index (χ2v) is 29.2. The molecule has 0 saturated carbocycles. The molecule has 0 spiro atoms. The largest absolute Gasteiger partial charge is 0.271 e. The van der Waals surface area contributed by atoms with E-state index in [1.165, 1.54) is 12.1 Å². The van der Waals surface area contributed by atoms with Crippen LogP contribution in [0.5, 0.6) is 0 Å². The summed E-state index contributed by atoms with van der Waals surface area (Å²) in [5.41, 5.74) is 3.09. The predicted octanol–water partition coefficient (Wildman–Crippen LogP) is 4.40. The molecule has 3 heteroatoms. The van der Waals surface area contributed by atoms with Crippen molar-refractivity contribution in [3.05, 3.63) is 71.8 Å². The van der Waals surface area contributed by atoms with E-state index in [0.717, 1.165) is 0 Å². The summed E-state index contributed by atoms with van der Waals surface area (Å²) in [6, 6.07) is 24.9. The summed E-state index contributed by atoms with van der Waals surface area (Å²) < 4.78 is 0. The van der Waals surface area contributed by atoms with Crippen molar-refractivity contribution < 1.29 is 0 Å². The summed E-state index contributed by atoms with van der Waals surface area (Å²) in [5, 5.41) is 0. The Balaban J connectivity index is 2.01. The minimum absolute atomic E-state index is 0.636. The fourth-order valence-corrected chi connectivity index (χ4v) is 37.5. The highest BCUT2D eigenvalue weighted by Crippen LogP contribution is 2.18. The molecule has 2 aromatic carbocycles. The predicted molar refractivity (Wildman–Crippen MR) is 102 cm³/mol. The molecule has 0 atom stereocenters. The van der Waals surface area contributed by atoms with E-state index in [0.29, 0.717) is 8.55 Å². The molecule has 0 heterocycles. The van der Waals surface area contributed by atoms with Gasteiger partial charge in [-0.25, -0.2) is 0 Å². The Kier molecular flexibility index (Phi) is 5.41. The molecule has 0 nitrogen and oxygen atoms in total. The average Bonchev–Trinajstić information content (AvgIpc) is 2.38. The van der Waals surface area contributed by atoms with Gasteiger partial charge in [0.2, 0.25) is 0 Å². The second-order valence-electron chi connectivity index (χ2n) is 7.45. The minimum atomic E-state index is -1.09. The van der Waals surface area contributed by atoms with Crippen LogP contribution < -0.4 is 0 Å². The van der Waals surface area contributed by atoms with E-state index in [1.807, 2.05) is 0 Å². The lowest BCUT2D eigenvalue weighted by atomic mass is 10.2. The van der Waals surface area contributed by atoms with Gasteiger partial charge in [0.15, 0.2) is 0 Å². The molecule has 0 aliphatic rings. The van der Waals surface area contributed by atoms with Gasteiger partial charge in [-0.15, -0.1) is 15.2 Å². The van der Waals surface area contributed by atoms with Crippen molar-refractivity contribution in [3.63, 3.8) is 0 Å². The van der Waals surface area contributed by atoms with Crippen LogP contribution in [0.4, 0.5) is 0 Å². The highest BCUT2D eigenvalue weighted by atomic mass is 29.6. The van der Waals surface area contributed by atoms with E-state index < -0.39 is 15.2 Å². The van der Waals surface area contributed by atoms with Crippen LogP contribution in [0, 0.1) is 0 Å². The zero-order chi connectivity index (χ0) is 15.3. The summed E-state index contributed by atoms with van der Waals surface area (Å²) in [7, 11) is -1.54. The molecule has 0 aliphatic heterocycles. The first kappa shape index (κ1) is 16.5. The first-order valence-electron chi connectivity index (χ1n) is 7.81. The van der Waals surface area contributed by atoms with Crippen LogP contribution in [-0.2, 0) is 12.1 Å². The Morgan fingerprint density at radius 2 is 0.952 bits per heavy atom. The van der Waals surface area contributed by atoms with Crippen molar-refractivity contribution in [3.8, 4) is 0 Å². The Morgan fingerprint density at radius 3 is 1.29 bits per heavy atom. The average molecular weight is 328 g/mol. The fourth-order valence-electron chi connectivity index (χ4n) is 3.40. The number of hydrogen-bond donors (Lipinski definition) is 0. The number of rotatable bonds is 6. The molecular formula is C18H27Si3-. The molecule has 0 amide bonds. The zero-order valence-electron chi connectivity index (χ0n) is 13.8. The third-order valence-corrected chi connectivity index (χ3v) is 28.0. The monoisotopic (exact) mass is 327 g/mol. The van der Waals surface area contributed by atoms with E-state index in [2.05, 4.69) is 86.9 Å². The van der Waals surface area contributed by atoms with Crippen LogP contribution in [-0.4, -0.2) is 23.7 Å². The summed E-state index contributed by atoms with van der Waals surface area (Å²) in [6.45, 7) is 10.4. The summed E-state index contributed by atoms with van der Waals surface area (Å²) in [5.74, 6) is 0. The third kappa shape index (κ3) is 5.77. The Hall–Kier alpha value is -0.909. The molecule has 0 aliphatic carbocycles. The van der Waals surface area contributed by atoms with E-state index in [-0.39, 0.29) is 0 Å². The van der Waals surface area contributed by atoms with E-state index in [4.69, 9.17) is 0 Å². The number of hydrogen-bond acceptors (Lipinski definition) is 0. The minimum Gasteiger partial charge on any atom is -0.271 e. The first-order chi connectivity index (χ1) is 9.86. The van der Waals surface area contributed by atoms with E-state index in [9.17, 15) is 0 Å². The molecule has 112 valence electrons. The SMILES string of the molecule is C[Si](C)(Cc1ccccc1)[SiH-][Si](C)(C)Cc1ccccc1. The van der Waals surface area contributed by atoms with Crippen LogP contribution in [0.15, 0.2) is 60.7 Å². The Morgan fingerprint density at radius 1 is 0.619 bits per heavy atom. The van der Waals surface area contributed by atoms with Crippen molar-refractivity contribution in [2.24, 2.45) is 0 Å². The van der Waals surface area contributed by atoms with Crippen LogP contribution >= 0.6 is 0 Å². The van der Waals surface area contributed by atoms with Gasteiger partial charge in [-0.1, -0.05) is 110 Å². The molecule has 2 rings (SSSR count). The van der Waals surface area contributed by atoms with Crippen molar-refractivity contribution in [2.45, 2.75) is 38.3 Å². The van der Waals surface area contributed by atoms with Crippen LogP contribution in [0.1, 0.15) is 11.1 Å². The highest BCUT2D eigenvalue weighted by Gasteiger charge is 2.21. The maximum atomic E-state index is 2.61. The summed E-state index contributed by atoms with van der Waals surface area (Å²) >= 11 is 0. The van der Waals surface area contributed by atoms with E-state index in [1.54, 1.807) is 11.1 Å². The quantitative estimate of drug-likeness (QED) is 0.690. The van der Waals surface area contributed by atoms with Crippen LogP contribution in [0.3, 0.4) is 0 Å². The Bertz CT molecular complexity index is 496. The van der Waals surface area contributed by atoms with Gasteiger partial charge in [-0.2, -0.15) is 0 Å².